The van der Waals surface area contributed by atoms with Crippen LogP contribution in [0.4, 0.5) is 14.5 Å². The number of hydrogen-bond donors (Lipinski definition) is 1. The van der Waals surface area contributed by atoms with E-state index in [9.17, 15) is 13.6 Å². The molecular formula is C27H25ClF2N6O2. The Hall–Kier alpha value is -3.76. The molecule has 0 spiro atoms. The molecule has 0 aromatic carbocycles. The third-order valence-corrected chi connectivity index (χ3v) is 6.87. The van der Waals surface area contributed by atoms with Gasteiger partial charge < -0.3 is 10.1 Å². The monoisotopic (exact) mass is 538 g/mol. The van der Waals surface area contributed by atoms with E-state index in [1.165, 1.54) is 4.57 Å². The first-order chi connectivity index (χ1) is 18.3. The molecule has 0 saturated carbocycles. The normalized spacial score (nSPS) is 14.0. The average molecular weight is 539 g/mol. The number of ether oxygens (including phenoxy) is 1. The van der Waals surface area contributed by atoms with E-state index < -0.39 is 17.2 Å². The van der Waals surface area contributed by atoms with E-state index in [4.69, 9.17) is 21.3 Å². The molecule has 1 fully saturated rings. The molecule has 4 aromatic rings. The summed E-state index contributed by atoms with van der Waals surface area (Å²) in [6.45, 7) is 4.93. The summed E-state index contributed by atoms with van der Waals surface area (Å²) in [6.07, 6.45) is 6.08. The Labute approximate surface area is 222 Å². The number of rotatable bonds is 6. The standard InChI is InChI=1S/C27H25ClF2N6O2/c1-15-12-32-21(20-3-6-31-26(35-20)17-4-7-38-8-5-17)11-24(15)36-16(2)9-22(25(28)27(36)37)34-14-23-19(30)10-18(29)13-33-23/h3,6,9-13,17,34H,4-5,7-8,14H2,1-2H3. The predicted octanol–water partition coefficient (Wildman–Crippen LogP) is 5.14. The van der Waals surface area contributed by atoms with Crippen LogP contribution < -0.4 is 10.9 Å². The molecule has 8 nitrogen and oxygen atoms in total. The minimum Gasteiger partial charge on any atom is -0.381 e. The van der Waals surface area contributed by atoms with Crippen molar-refractivity contribution in [3.63, 3.8) is 0 Å². The molecule has 196 valence electrons. The van der Waals surface area contributed by atoms with Gasteiger partial charge >= 0.3 is 0 Å². The quantitative estimate of drug-likeness (QED) is 0.363. The molecule has 5 rings (SSSR count). The molecule has 0 atom stereocenters. The van der Waals surface area contributed by atoms with Gasteiger partial charge in [-0.15, -0.1) is 0 Å². The van der Waals surface area contributed by atoms with Crippen LogP contribution in [0.5, 0.6) is 0 Å². The molecule has 0 bridgehead atoms. The molecule has 5 heterocycles. The van der Waals surface area contributed by atoms with Crippen molar-refractivity contribution in [2.75, 3.05) is 18.5 Å². The lowest BCUT2D eigenvalue weighted by molar-refractivity contribution is 0.0836. The molecule has 0 aliphatic carbocycles. The van der Waals surface area contributed by atoms with Crippen LogP contribution in [0.1, 0.15) is 41.5 Å². The van der Waals surface area contributed by atoms with E-state index in [0.717, 1.165) is 36.5 Å². The highest BCUT2D eigenvalue weighted by atomic mass is 35.5. The van der Waals surface area contributed by atoms with Gasteiger partial charge in [0.1, 0.15) is 22.5 Å². The number of halogens is 3. The third kappa shape index (κ3) is 5.27. The van der Waals surface area contributed by atoms with Gasteiger partial charge in [-0.1, -0.05) is 11.6 Å². The highest BCUT2D eigenvalue weighted by Crippen LogP contribution is 2.28. The number of anilines is 1. The largest absolute Gasteiger partial charge is 0.381 e. The molecule has 1 aliphatic heterocycles. The highest BCUT2D eigenvalue weighted by molar-refractivity contribution is 6.33. The summed E-state index contributed by atoms with van der Waals surface area (Å²) in [7, 11) is 0. The van der Waals surface area contributed by atoms with Crippen molar-refractivity contribution in [1.82, 2.24) is 24.5 Å². The summed E-state index contributed by atoms with van der Waals surface area (Å²) in [5.41, 5.74) is 3.11. The molecule has 38 heavy (non-hydrogen) atoms. The van der Waals surface area contributed by atoms with Gasteiger partial charge in [0, 0.05) is 43.3 Å². The van der Waals surface area contributed by atoms with Crippen molar-refractivity contribution in [3.05, 3.63) is 92.6 Å². The molecule has 4 aromatic heterocycles. The van der Waals surface area contributed by atoms with Gasteiger partial charge in [-0.05, 0) is 50.5 Å². The van der Waals surface area contributed by atoms with E-state index in [0.29, 0.717) is 41.7 Å². The molecule has 1 aliphatic rings. The second-order valence-corrected chi connectivity index (χ2v) is 9.51. The average Bonchev–Trinajstić information content (AvgIpc) is 2.92. The maximum absolute atomic E-state index is 14.0. The first kappa shape index (κ1) is 25.9. The van der Waals surface area contributed by atoms with Crippen molar-refractivity contribution < 1.29 is 13.5 Å². The van der Waals surface area contributed by atoms with Crippen LogP contribution in [0.15, 0.2) is 47.7 Å². The summed E-state index contributed by atoms with van der Waals surface area (Å²) in [4.78, 5) is 30.9. The van der Waals surface area contributed by atoms with Gasteiger partial charge in [0.2, 0.25) is 0 Å². The number of nitrogens with zero attached hydrogens (tertiary/aromatic N) is 5. The number of aryl methyl sites for hydroxylation is 2. The fourth-order valence-corrected chi connectivity index (χ4v) is 4.66. The maximum Gasteiger partial charge on any atom is 0.276 e. The van der Waals surface area contributed by atoms with Gasteiger partial charge in [-0.2, -0.15) is 0 Å². The Morgan fingerprint density at radius 2 is 1.87 bits per heavy atom. The molecule has 1 N–H and O–H groups in total. The lowest BCUT2D eigenvalue weighted by Crippen LogP contribution is -2.23. The predicted molar refractivity (Wildman–Crippen MR) is 140 cm³/mol. The third-order valence-electron chi connectivity index (χ3n) is 6.50. The highest BCUT2D eigenvalue weighted by Gasteiger charge is 2.20. The zero-order valence-electron chi connectivity index (χ0n) is 20.8. The van der Waals surface area contributed by atoms with Crippen molar-refractivity contribution in [3.8, 4) is 17.1 Å². The first-order valence-electron chi connectivity index (χ1n) is 12.2. The van der Waals surface area contributed by atoms with Gasteiger partial charge in [0.15, 0.2) is 0 Å². The van der Waals surface area contributed by atoms with Crippen LogP contribution in [0, 0.1) is 25.5 Å². The SMILES string of the molecule is Cc1cnc(-c2ccnc(C3CCOCC3)n2)cc1-n1c(C)cc(NCc2ncc(F)cc2F)c(Cl)c1=O. The van der Waals surface area contributed by atoms with Gasteiger partial charge in [-0.25, -0.2) is 18.7 Å². The Kier molecular flexibility index (Phi) is 7.44. The number of aromatic nitrogens is 5. The molecule has 1 saturated heterocycles. The Balaban J connectivity index is 1.47. The lowest BCUT2D eigenvalue weighted by atomic mass is 9.99. The zero-order chi connectivity index (χ0) is 26.8. The van der Waals surface area contributed by atoms with Crippen LogP contribution in [-0.2, 0) is 11.3 Å². The summed E-state index contributed by atoms with van der Waals surface area (Å²) in [6, 6.07) is 6.05. The van der Waals surface area contributed by atoms with Crippen LogP contribution in [0.25, 0.3) is 17.1 Å². The second kappa shape index (κ2) is 10.9. The molecule has 11 heteroatoms. The minimum absolute atomic E-state index is 0.00360. The van der Waals surface area contributed by atoms with Crippen LogP contribution in [0.3, 0.4) is 0 Å². The smallest absolute Gasteiger partial charge is 0.276 e. The fraction of sp³-hybridized carbons (Fsp3) is 0.296. The summed E-state index contributed by atoms with van der Waals surface area (Å²) >= 11 is 6.45. The van der Waals surface area contributed by atoms with E-state index in [-0.39, 0.29) is 23.2 Å². The Bertz CT molecular complexity index is 1560. The Morgan fingerprint density at radius 1 is 1.08 bits per heavy atom. The van der Waals surface area contributed by atoms with E-state index in [2.05, 4.69) is 20.3 Å². The van der Waals surface area contributed by atoms with Gasteiger partial charge in [-0.3, -0.25) is 19.3 Å². The van der Waals surface area contributed by atoms with Crippen molar-refractivity contribution in [2.24, 2.45) is 0 Å². The zero-order valence-corrected chi connectivity index (χ0v) is 21.6. The van der Waals surface area contributed by atoms with Crippen LogP contribution >= 0.6 is 11.6 Å². The Morgan fingerprint density at radius 3 is 2.63 bits per heavy atom. The fourth-order valence-electron chi connectivity index (χ4n) is 4.45. The number of nitrogens with one attached hydrogen (secondary N) is 1. The van der Waals surface area contributed by atoms with Crippen molar-refractivity contribution >= 4 is 17.3 Å². The van der Waals surface area contributed by atoms with Crippen LogP contribution in [0.2, 0.25) is 5.02 Å². The summed E-state index contributed by atoms with van der Waals surface area (Å²) in [5, 5.41) is 2.86. The van der Waals surface area contributed by atoms with Crippen molar-refractivity contribution in [1.29, 1.82) is 0 Å². The molecule has 0 radical (unpaired) electrons. The van der Waals surface area contributed by atoms with E-state index >= 15 is 0 Å². The summed E-state index contributed by atoms with van der Waals surface area (Å²) in [5.74, 6) is -0.565. The molecule has 0 amide bonds. The van der Waals surface area contributed by atoms with E-state index in [1.807, 2.05) is 6.92 Å². The second-order valence-electron chi connectivity index (χ2n) is 9.13. The first-order valence-corrected chi connectivity index (χ1v) is 12.5. The minimum atomic E-state index is -0.789. The molecular weight excluding hydrogens is 514 g/mol. The van der Waals surface area contributed by atoms with Crippen LogP contribution in [-0.4, -0.2) is 37.7 Å². The maximum atomic E-state index is 14.0. The topological polar surface area (TPSA) is 94.8 Å². The van der Waals surface area contributed by atoms with Crippen molar-refractivity contribution in [2.45, 2.75) is 39.2 Å². The number of pyridine rings is 3. The van der Waals surface area contributed by atoms with Gasteiger partial charge in [0.25, 0.3) is 5.56 Å². The van der Waals surface area contributed by atoms with E-state index in [1.54, 1.807) is 37.5 Å². The number of hydrogen-bond acceptors (Lipinski definition) is 7. The molecule has 0 unspecified atom stereocenters. The van der Waals surface area contributed by atoms with Gasteiger partial charge in [0.05, 0.1) is 41.2 Å². The summed E-state index contributed by atoms with van der Waals surface area (Å²) < 4.78 is 34.1. The lowest BCUT2D eigenvalue weighted by Gasteiger charge is -2.21.